The molecule has 0 aliphatic heterocycles. The second kappa shape index (κ2) is 23.7. The van der Waals surface area contributed by atoms with E-state index in [1.165, 1.54) is 0 Å². The van der Waals surface area contributed by atoms with Crippen LogP contribution >= 0.6 is 0 Å². The SMILES string of the molecule is CCCCNCCC(=O)OCC(CC)(COC(=O)CCNCCCC)COC(=O)CCNCCCC. The van der Waals surface area contributed by atoms with Crippen LogP contribution in [0.3, 0.4) is 0 Å². The molecule has 0 atom stereocenters. The number of nitrogens with one attached hydrogen (secondary N) is 3. The van der Waals surface area contributed by atoms with Crippen LogP contribution in [0.25, 0.3) is 0 Å². The van der Waals surface area contributed by atoms with Crippen molar-refractivity contribution in [2.45, 2.75) is 91.9 Å². The average molecular weight is 516 g/mol. The minimum absolute atomic E-state index is 0.0291. The van der Waals surface area contributed by atoms with Crippen LogP contribution < -0.4 is 16.0 Å². The Bertz CT molecular complexity index is 500. The van der Waals surface area contributed by atoms with E-state index in [1.807, 2.05) is 6.92 Å². The highest BCUT2D eigenvalue weighted by atomic mass is 16.6. The summed E-state index contributed by atoms with van der Waals surface area (Å²) in [7, 11) is 0. The van der Waals surface area contributed by atoms with Crippen LogP contribution in [0, 0.1) is 5.41 Å². The molecule has 0 aromatic carbocycles. The first-order chi connectivity index (χ1) is 17.4. The van der Waals surface area contributed by atoms with Crippen molar-refractivity contribution in [1.82, 2.24) is 16.0 Å². The molecule has 0 bridgehead atoms. The summed E-state index contributed by atoms with van der Waals surface area (Å²) < 4.78 is 16.6. The fourth-order valence-electron chi connectivity index (χ4n) is 3.20. The number of hydrogen-bond donors (Lipinski definition) is 3. The van der Waals surface area contributed by atoms with E-state index < -0.39 is 5.41 Å². The van der Waals surface area contributed by atoms with Gasteiger partial charge in [0.15, 0.2) is 0 Å². The summed E-state index contributed by atoms with van der Waals surface area (Å²) >= 11 is 0. The van der Waals surface area contributed by atoms with E-state index in [0.29, 0.717) is 26.1 Å². The molecule has 0 saturated heterocycles. The normalized spacial score (nSPS) is 11.3. The number of rotatable bonds is 25. The van der Waals surface area contributed by atoms with Crippen molar-refractivity contribution in [2.75, 3.05) is 59.1 Å². The predicted octanol–water partition coefficient (Wildman–Crippen LogP) is 3.35. The van der Waals surface area contributed by atoms with E-state index in [9.17, 15) is 14.4 Å². The van der Waals surface area contributed by atoms with E-state index in [0.717, 1.165) is 58.2 Å². The molecule has 0 rings (SSSR count). The van der Waals surface area contributed by atoms with Gasteiger partial charge in [-0.05, 0) is 45.3 Å². The van der Waals surface area contributed by atoms with Gasteiger partial charge in [-0.2, -0.15) is 0 Å². The van der Waals surface area contributed by atoms with Gasteiger partial charge in [-0.15, -0.1) is 0 Å². The molecular weight excluding hydrogens is 462 g/mol. The summed E-state index contributed by atoms with van der Waals surface area (Å²) in [6.07, 6.45) is 7.78. The standard InChI is InChI=1S/C27H53N3O6/c1-5-9-15-28-18-12-24(31)34-21-27(8-4,22-35-25(32)13-19-29-16-10-6-2)23-36-26(33)14-20-30-17-11-7-3/h28-30H,5-23H2,1-4H3. The Labute approximate surface area is 219 Å². The van der Waals surface area contributed by atoms with Crippen LogP contribution in [0.15, 0.2) is 0 Å². The predicted molar refractivity (Wildman–Crippen MR) is 143 cm³/mol. The zero-order valence-corrected chi connectivity index (χ0v) is 23.4. The number of unbranched alkanes of at least 4 members (excludes halogenated alkanes) is 3. The summed E-state index contributed by atoms with van der Waals surface area (Å²) in [5.74, 6) is -0.973. The third kappa shape index (κ3) is 19.5. The molecule has 0 unspecified atom stereocenters. The molecule has 0 fully saturated rings. The molecule has 3 N–H and O–H groups in total. The number of carbonyl (C=O) groups is 3. The Morgan fingerprint density at radius 3 is 1.08 bits per heavy atom. The van der Waals surface area contributed by atoms with Crippen LogP contribution in [-0.4, -0.2) is 77.0 Å². The lowest BCUT2D eigenvalue weighted by Crippen LogP contribution is -2.39. The highest BCUT2D eigenvalue weighted by Gasteiger charge is 2.34. The fourth-order valence-corrected chi connectivity index (χ4v) is 3.20. The summed E-state index contributed by atoms with van der Waals surface area (Å²) in [6, 6.07) is 0. The Hall–Kier alpha value is -1.71. The van der Waals surface area contributed by atoms with Crippen molar-refractivity contribution < 1.29 is 28.6 Å². The summed E-state index contributed by atoms with van der Waals surface area (Å²) in [5, 5.41) is 9.66. The maximum Gasteiger partial charge on any atom is 0.307 e. The molecular formula is C27H53N3O6. The van der Waals surface area contributed by atoms with E-state index in [2.05, 4.69) is 36.7 Å². The molecule has 0 amide bonds. The third-order valence-electron chi connectivity index (χ3n) is 6.01. The van der Waals surface area contributed by atoms with Gasteiger partial charge in [-0.25, -0.2) is 0 Å². The van der Waals surface area contributed by atoms with Gasteiger partial charge in [0.2, 0.25) is 0 Å². The van der Waals surface area contributed by atoms with Crippen molar-refractivity contribution in [1.29, 1.82) is 0 Å². The van der Waals surface area contributed by atoms with Crippen LogP contribution in [0.1, 0.15) is 91.9 Å². The third-order valence-corrected chi connectivity index (χ3v) is 6.01. The highest BCUT2D eigenvalue weighted by molar-refractivity contribution is 5.70. The summed E-state index contributed by atoms with van der Waals surface area (Å²) in [4.78, 5) is 36.8. The lowest BCUT2D eigenvalue weighted by Gasteiger charge is -2.31. The maximum absolute atomic E-state index is 12.3. The molecule has 0 heterocycles. The molecule has 36 heavy (non-hydrogen) atoms. The second-order valence-electron chi connectivity index (χ2n) is 9.40. The Morgan fingerprint density at radius 1 is 0.528 bits per heavy atom. The van der Waals surface area contributed by atoms with Gasteiger partial charge >= 0.3 is 17.9 Å². The second-order valence-corrected chi connectivity index (χ2v) is 9.40. The van der Waals surface area contributed by atoms with Gasteiger partial charge in [0.25, 0.3) is 0 Å². The van der Waals surface area contributed by atoms with E-state index in [-0.39, 0.29) is 57.0 Å². The maximum atomic E-state index is 12.3. The first-order valence-electron chi connectivity index (χ1n) is 14.0. The van der Waals surface area contributed by atoms with Gasteiger partial charge in [-0.1, -0.05) is 47.0 Å². The number of hydrogen-bond acceptors (Lipinski definition) is 9. The Balaban J connectivity index is 4.76. The molecule has 9 heteroatoms. The topological polar surface area (TPSA) is 115 Å². The van der Waals surface area contributed by atoms with Crippen LogP contribution in [-0.2, 0) is 28.6 Å². The average Bonchev–Trinajstić information content (AvgIpc) is 2.88. The lowest BCUT2D eigenvalue weighted by atomic mass is 9.88. The van der Waals surface area contributed by atoms with Crippen molar-refractivity contribution in [3.63, 3.8) is 0 Å². The Kier molecular flexibility index (Phi) is 22.5. The van der Waals surface area contributed by atoms with Gasteiger partial charge < -0.3 is 30.2 Å². The van der Waals surface area contributed by atoms with Crippen molar-refractivity contribution in [3.8, 4) is 0 Å². The minimum atomic E-state index is -0.776. The molecule has 0 aromatic heterocycles. The zero-order chi connectivity index (χ0) is 26.9. The summed E-state index contributed by atoms with van der Waals surface area (Å²) in [6.45, 7) is 12.6. The lowest BCUT2D eigenvalue weighted by molar-refractivity contribution is -0.162. The number of ether oxygens (including phenoxy) is 3. The van der Waals surface area contributed by atoms with Crippen LogP contribution in [0.5, 0.6) is 0 Å². The first-order valence-corrected chi connectivity index (χ1v) is 14.0. The van der Waals surface area contributed by atoms with Gasteiger partial charge in [-0.3, -0.25) is 14.4 Å². The largest absolute Gasteiger partial charge is 0.465 e. The highest BCUT2D eigenvalue weighted by Crippen LogP contribution is 2.25. The monoisotopic (exact) mass is 515 g/mol. The molecule has 0 spiro atoms. The van der Waals surface area contributed by atoms with E-state index >= 15 is 0 Å². The smallest absolute Gasteiger partial charge is 0.307 e. The number of carbonyl (C=O) groups excluding carboxylic acids is 3. The molecule has 0 aliphatic rings. The van der Waals surface area contributed by atoms with Crippen LogP contribution in [0.2, 0.25) is 0 Å². The molecule has 0 saturated carbocycles. The molecule has 0 aliphatic carbocycles. The molecule has 212 valence electrons. The quantitative estimate of drug-likeness (QED) is 0.0956. The van der Waals surface area contributed by atoms with E-state index in [4.69, 9.17) is 14.2 Å². The summed E-state index contributed by atoms with van der Waals surface area (Å²) in [5.41, 5.74) is -0.776. The molecule has 9 nitrogen and oxygen atoms in total. The minimum Gasteiger partial charge on any atom is -0.465 e. The van der Waals surface area contributed by atoms with Crippen molar-refractivity contribution >= 4 is 17.9 Å². The zero-order valence-electron chi connectivity index (χ0n) is 23.4. The molecule has 0 aromatic rings. The van der Waals surface area contributed by atoms with Crippen molar-refractivity contribution in [3.05, 3.63) is 0 Å². The van der Waals surface area contributed by atoms with Crippen LogP contribution in [0.4, 0.5) is 0 Å². The van der Waals surface area contributed by atoms with Gasteiger partial charge in [0.1, 0.15) is 19.8 Å². The molecule has 0 radical (unpaired) electrons. The van der Waals surface area contributed by atoms with Gasteiger partial charge in [0, 0.05) is 19.6 Å². The fraction of sp³-hybridized carbons (Fsp3) is 0.889. The van der Waals surface area contributed by atoms with Gasteiger partial charge in [0.05, 0.1) is 24.7 Å². The Morgan fingerprint density at radius 2 is 0.833 bits per heavy atom. The first kappa shape index (κ1) is 34.3. The van der Waals surface area contributed by atoms with Crippen molar-refractivity contribution in [2.24, 2.45) is 5.41 Å². The number of esters is 3. The van der Waals surface area contributed by atoms with E-state index in [1.54, 1.807) is 0 Å².